The lowest BCUT2D eigenvalue weighted by atomic mass is 10.0. The summed E-state index contributed by atoms with van der Waals surface area (Å²) in [6.07, 6.45) is -6.58. The average Bonchev–Trinajstić information content (AvgIpc) is 2.18. The lowest BCUT2D eigenvalue weighted by Crippen LogP contribution is -2.09. The van der Waals surface area contributed by atoms with Crippen LogP contribution in [0.25, 0.3) is 0 Å². The third-order valence-electron chi connectivity index (χ3n) is 2.10. The number of allylic oxidation sites excluding steroid dienone is 1. The van der Waals surface area contributed by atoms with Crippen molar-refractivity contribution in [1.29, 1.82) is 0 Å². The Kier molecular flexibility index (Phi) is 4.20. The first-order valence-corrected chi connectivity index (χ1v) is 4.68. The summed E-state index contributed by atoms with van der Waals surface area (Å²) in [6.45, 7) is 0. The van der Waals surface area contributed by atoms with Crippen molar-refractivity contribution >= 4 is 0 Å². The predicted molar refractivity (Wildman–Crippen MR) is 50.0 cm³/mol. The zero-order valence-electron chi connectivity index (χ0n) is 8.49. The average molecular weight is 254 g/mol. The molecule has 17 heavy (non-hydrogen) atoms. The normalized spacial score (nSPS) is 11.4. The summed E-state index contributed by atoms with van der Waals surface area (Å²) in [7, 11) is 0. The van der Waals surface area contributed by atoms with Crippen molar-refractivity contribution in [3.05, 3.63) is 47.3 Å². The van der Waals surface area contributed by atoms with E-state index in [-0.39, 0.29) is 18.4 Å². The molecule has 0 spiro atoms. The highest BCUT2D eigenvalue weighted by molar-refractivity contribution is 5.28. The molecule has 0 nitrogen and oxygen atoms in total. The van der Waals surface area contributed by atoms with E-state index in [1.807, 2.05) is 0 Å². The molecule has 1 rings (SSSR count). The molecule has 0 aromatic heterocycles. The summed E-state index contributed by atoms with van der Waals surface area (Å²) in [5, 5.41) is 0. The number of hydrogen-bond acceptors (Lipinski definition) is 0. The standard InChI is InChI=1S/C11H8F6/c12-9(13)6-2-4-7-3-1-5-8(10(7)14)11(15,16)17/h1,3,5-6H,2,4H2. The topological polar surface area (TPSA) is 0 Å². The molecule has 1 aromatic carbocycles. The van der Waals surface area contributed by atoms with Crippen LogP contribution < -0.4 is 0 Å². The van der Waals surface area contributed by atoms with Crippen molar-refractivity contribution in [3.63, 3.8) is 0 Å². The molecule has 0 N–H and O–H groups in total. The minimum Gasteiger partial charge on any atom is -0.206 e. The maximum Gasteiger partial charge on any atom is 0.419 e. The molecule has 0 amide bonds. The van der Waals surface area contributed by atoms with Crippen LogP contribution in [0.4, 0.5) is 26.3 Å². The van der Waals surface area contributed by atoms with Crippen molar-refractivity contribution < 1.29 is 26.3 Å². The zero-order valence-corrected chi connectivity index (χ0v) is 8.49. The van der Waals surface area contributed by atoms with E-state index >= 15 is 0 Å². The minimum atomic E-state index is -4.78. The van der Waals surface area contributed by atoms with Gasteiger partial charge in [-0.2, -0.15) is 22.0 Å². The summed E-state index contributed by atoms with van der Waals surface area (Å²) < 4.78 is 73.7. The first-order chi connectivity index (χ1) is 7.82. The second kappa shape index (κ2) is 5.25. The Morgan fingerprint density at radius 1 is 1.18 bits per heavy atom. The van der Waals surface area contributed by atoms with Gasteiger partial charge in [-0.1, -0.05) is 12.1 Å². The second-order valence-corrected chi connectivity index (χ2v) is 3.31. The Hall–Kier alpha value is -1.46. The minimum absolute atomic E-state index is 0.201. The Morgan fingerprint density at radius 2 is 1.82 bits per heavy atom. The molecule has 0 bridgehead atoms. The van der Waals surface area contributed by atoms with Gasteiger partial charge in [0.25, 0.3) is 6.08 Å². The molecule has 0 heterocycles. The molecule has 0 atom stereocenters. The van der Waals surface area contributed by atoms with E-state index in [9.17, 15) is 26.3 Å². The van der Waals surface area contributed by atoms with Crippen LogP contribution in [0.1, 0.15) is 17.5 Å². The van der Waals surface area contributed by atoms with Gasteiger partial charge in [0.1, 0.15) is 5.82 Å². The zero-order chi connectivity index (χ0) is 13.1. The van der Waals surface area contributed by atoms with E-state index in [1.165, 1.54) is 0 Å². The van der Waals surface area contributed by atoms with Crippen LogP contribution in [0.5, 0.6) is 0 Å². The van der Waals surface area contributed by atoms with E-state index in [0.717, 1.165) is 12.1 Å². The fraction of sp³-hybridized carbons (Fsp3) is 0.273. The van der Waals surface area contributed by atoms with Gasteiger partial charge >= 0.3 is 6.18 Å². The van der Waals surface area contributed by atoms with E-state index in [1.54, 1.807) is 0 Å². The van der Waals surface area contributed by atoms with Crippen LogP contribution in [0.2, 0.25) is 0 Å². The van der Waals surface area contributed by atoms with Gasteiger partial charge in [-0.05, 0) is 30.5 Å². The van der Waals surface area contributed by atoms with E-state index in [0.29, 0.717) is 12.1 Å². The number of halogens is 6. The van der Waals surface area contributed by atoms with Gasteiger partial charge in [0, 0.05) is 0 Å². The summed E-state index contributed by atoms with van der Waals surface area (Å²) >= 11 is 0. The van der Waals surface area contributed by atoms with Crippen molar-refractivity contribution in [2.75, 3.05) is 0 Å². The summed E-state index contributed by atoms with van der Waals surface area (Å²) in [4.78, 5) is 0. The van der Waals surface area contributed by atoms with E-state index in [2.05, 4.69) is 0 Å². The molecule has 0 radical (unpaired) electrons. The molecular weight excluding hydrogens is 246 g/mol. The number of rotatable bonds is 3. The maximum absolute atomic E-state index is 13.4. The molecule has 0 aliphatic carbocycles. The molecule has 1 aromatic rings. The van der Waals surface area contributed by atoms with Gasteiger partial charge < -0.3 is 0 Å². The van der Waals surface area contributed by atoms with Gasteiger partial charge in [-0.15, -0.1) is 0 Å². The molecule has 0 unspecified atom stereocenters. The predicted octanol–water partition coefficient (Wildman–Crippen LogP) is 4.56. The quantitative estimate of drug-likeness (QED) is 0.694. The first kappa shape index (κ1) is 13.6. The number of benzene rings is 1. The van der Waals surface area contributed by atoms with Crippen LogP contribution >= 0.6 is 0 Å². The van der Waals surface area contributed by atoms with Crippen molar-refractivity contribution in [2.24, 2.45) is 0 Å². The fourth-order valence-electron chi connectivity index (χ4n) is 1.33. The third kappa shape index (κ3) is 3.80. The molecule has 0 aliphatic heterocycles. The van der Waals surface area contributed by atoms with Crippen LogP contribution in [0, 0.1) is 5.82 Å². The van der Waals surface area contributed by atoms with Crippen LogP contribution in [0.3, 0.4) is 0 Å². The highest BCUT2D eigenvalue weighted by atomic mass is 19.4. The maximum atomic E-state index is 13.4. The monoisotopic (exact) mass is 254 g/mol. The van der Waals surface area contributed by atoms with Gasteiger partial charge in [-0.25, -0.2) is 4.39 Å². The van der Waals surface area contributed by atoms with Crippen molar-refractivity contribution in [3.8, 4) is 0 Å². The van der Waals surface area contributed by atoms with Gasteiger partial charge in [0.2, 0.25) is 0 Å². The van der Waals surface area contributed by atoms with Crippen molar-refractivity contribution in [2.45, 2.75) is 19.0 Å². The lowest BCUT2D eigenvalue weighted by molar-refractivity contribution is -0.140. The smallest absolute Gasteiger partial charge is 0.206 e. The van der Waals surface area contributed by atoms with Gasteiger partial charge in [0.05, 0.1) is 5.56 Å². The number of aryl methyl sites for hydroxylation is 1. The first-order valence-electron chi connectivity index (χ1n) is 4.68. The highest BCUT2D eigenvalue weighted by Gasteiger charge is 2.34. The summed E-state index contributed by atoms with van der Waals surface area (Å²) in [5.41, 5.74) is -1.60. The Labute approximate surface area is 93.6 Å². The van der Waals surface area contributed by atoms with Gasteiger partial charge in [-0.3, -0.25) is 0 Å². The number of alkyl halides is 3. The summed E-state index contributed by atoms with van der Waals surface area (Å²) in [5.74, 6) is -1.40. The fourth-order valence-corrected chi connectivity index (χ4v) is 1.33. The third-order valence-corrected chi connectivity index (χ3v) is 2.10. The molecule has 94 valence electrons. The largest absolute Gasteiger partial charge is 0.419 e. The molecule has 0 aliphatic rings. The van der Waals surface area contributed by atoms with Crippen LogP contribution in [-0.2, 0) is 12.6 Å². The molecule has 0 saturated heterocycles. The molecular formula is C11H8F6. The molecule has 0 saturated carbocycles. The molecule has 0 fully saturated rings. The summed E-state index contributed by atoms with van der Waals surface area (Å²) in [6, 6.07) is 2.82. The van der Waals surface area contributed by atoms with Crippen LogP contribution in [-0.4, -0.2) is 0 Å². The SMILES string of the molecule is FC(F)=CCCc1cccc(C(F)(F)F)c1F. The van der Waals surface area contributed by atoms with Crippen molar-refractivity contribution in [1.82, 2.24) is 0 Å². The Balaban J connectivity index is 2.92. The molecule has 6 heteroatoms. The number of hydrogen-bond donors (Lipinski definition) is 0. The van der Waals surface area contributed by atoms with Crippen LogP contribution in [0.15, 0.2) is 30.4 Å². The lowest BCUT2D eigenvalue weighted by Gasteiger charge is -2.10. The van der Waals surface area contributed by atoms with E-state index in [4.69, 9.17) is 0 Å². The van der Waals surface area contributed by atoms with E-state index < -0.39 is 23.6 Å². The second-order valence-electron chi connectivity index (χ2n) is 3.31. The highest BCUT2D eigenvalue weighted by Crippen LogP contribution is 2.32. The van der Waals surface area contributed by atoms with Gasteiger partial charge in [0.15, 0.2) is 0 Å². The Bertz CT molecular complexity index is 414. The Morgan fingerprint density at radius 3 is 2.35 bits per heavy atom.